The Balaban J connectivity index is 1.90. The summed E-state index contributed by atoms with van der Waals surface area (Å²) in [5, 5.41) is 11.7. The van der Waals surface area contributed by atoms with Crippen LogP contribution in [0.2, 0.25) is 5.02 Å². The summed E-state index contributed by atoms with van der Waals surface area (Å²) in [6.07, 6.45) is 0. The molecule has 0 bridgehead atoms. The molecule has 1 saturated heterocycles. The number of Topliss-reactive ketones (excluding diaryl/α,β-unsaturated/α-hetero) is 1. The molecule has 1 atom stereocenters. The molecule has 1 fully saturated rings. The molecule has 3 aromatic carbocycles. The number of aliphatic hydroxyl groups is 1. The predicted molar refractivity (Wildman–Crippen MR) is 147 cm³/mol. The number of methoxy groups -OCH3 is 2. The molecule has 4 rings (SSSR count). The molecule has 1 aliphatic heterocycles. The lowest BCUT2D eigenvalue weighted by Gasteiger charge is -2.26. The van der Waals surface area contributed by atoms with E-state index < -0.39 is 23.5 Å². The number of aryl methyl sites for hydroxylation is 1. The van der Waals surface area contributed by atoms with Crippen molar-refractivity contribution in [2.75, 3.05) is 25.7 Å². The molecule has 0 aliphatic carbocycles. The fourth-order valence-electron chi connectivity index (χ4n) is 4.32. The van der Waals surface area contributed by atoms with Gasteiger partial charge in [-0.05, 0) is 48.7 Å². The summed E-state index contributed by atoms with van der Waals surface area (Å²) in [4.78, 5) is 28.3. The van der Waals surface area contributed by atoms with Crippen LogP contribution < -0.4 is 19.1 Å². The summed E-state index contributed by atoms with van der Waals surface area (Å²) in [5.74, 6) is -0.367. The van der Waals surface area contributed by atoms with E-state index in [1.165, 1.54) is 31.3 Å². The number of ketones is 1. The van der Waals surface area contributed by atoms with Crippen LogP contribution in [-0.2, 0) is 9.59 Å². The van der Waals surface area contributed by atoms with Gasteiger partial charge in [-0.25, -0.2) is 0 Å². The minimum absolute atomic E-state index is 0.0778. The lowest BCUT2D eigenvalue weighted by molar-refractivity contribution is -0.132. The van der Waals surface area contributed by atoms with Crippen molar-refractivity contribution in [2.45, 2.75) is 26.8 Å². The van der Waals surface area contributed by atoms with E-state index in [1.54, 1.807) is 36.4 Å². The molecule has 0 spiro atoms. The van der Waals surface area contributed by atoms with Crippen LogP contribution in [0.1, 0.15) is 36.6 Å². The van der Waals surface area contributed by atoms with Crippen LogP contribution >= 0.6 is 11.6 Å². The van der Waals surface area contributed by atoms with E-state index in [4.69, 9.17) is 25.8 Å². The topological polar surface area (TPSA) is 85.3 Å². The maximum Gasteiger partial charge on any atom is 0.300 e. The molecule has 1 heterocycles. The number of ether oxygens (including phenoxy) is 3. The van der Waals surface area contributed by atoms with Gasteiger partial charge in [0.1, 0.15) is 23.0 Å². The van der Waals surface area contributed by atoms with Crippen molar-refractivity contribution in [2.24, 2.45) is 5.92 Å². The van der Waals surface area contributed by atoms with Crippen LogP contribution in [0.25, 0.3) is 5.76 Å². The van der Waals surface area contributed by atoms with Gasteiger partial charge in [-0.3, -0.25) is 14.5 Å². The lowest BCUT2D eigenvalue weighted by Crippen LogP contribution is -2.29. The van der Waals surface area contributed by atoms with Crippen LogP contribution in [0.5, 0.6) is 17.2 Å². The fourth-order valence-corrected chi connectivity index (χ4v) is 4.56. The van der Waals surface area contributed by atoms with Gasteiger partial charge in [-0.2, -0.15) is 0 Å². The Morgan fingerprint density at radius 1 is 0.974 bits per heavy atom. The molecule has 1 N–H and O–H groups in total. The lowest BCUT2D eigenvalue weighted by atomic mass is 9.94. The van der Waals surface area contributed by atoms with Gasteiger partial charge in [0.15, 0.2) is 0 Å². The first-order valence-electron chi connectivity index (χ1n) is 12.2. The Labute approximate surface area is 227 Å². The van der Waals surface area contributed by atoms with E-state index in [1.807, 2.05) is 19.1 Å². The average molecular weight is 536 g/mol. The smallest absolute Gasteiger partial charge is 0.300 e. The number of amides is 1. The number of halogens is 1. The number of rotatable bonds is 8. The van der Waals surface area contributed by atoms with Gasteiger partial charge in [-0.1, -0.05) is 55.3 Å². The van der Waals surface area contributed by atoms with E-state index >= 15 is 0 Å². The summed E-state index contributed by atoms with van der Waals surface area (Å²) >= 11 is 6.35. The highest BCUT2D eigenvalue weighted by atomic mass is 35.5. The van der Waals surface area contributed by atoms with Gasteiger partial charge >= 0.3 is 0 Å². The fraction of sp³-hybridized carbons (Fsp3) is 0.267. The summed E-state index contributed by atoms with van der Waals surface area (Å²) < 4.78 is 16.5. The molecule has 0 aromatic heterocycles. The highest BCUT2D eigenvalue weighted by molar-refractivity contribution is 6.51. The van der Waals surface area contributed by atoms with Gasteiger partial charge < -0.3 is 19.3 Å². The zero-order chi connectivity index (χ0) is 27.6. The Kier molecular flexibility index (Phi) is 7.97. The molecule has 1 amide bonds. The first-order valence-corrected chi connectivity index (χ1v) is 12.6. The third-order valence-electron chi connectivity index (χ3n) is 6.26. The number of aliphatic hydroxyl groups excluding tert-OH is 1. The first-order chi connectivity index (χ1) is 18.2. The third-order valence-corrected chi connectivity index (χ3v) is 6.56. The molecule has 1 unspecified atom stereocenters. The number of hydrogen-bond donors (Lipinski definition) is 1. The second-order valence-electron chi connectivity index (χ2n) is 9.47. The van der Waals surface area contributed by atoms with Gasteiger partial charge in [0.05, 0.1) is 43.0 Å². The van der Waals surface area contributed by atoms with Crippen molar-refractivity contribution in [3.63, 3.8) is 0 Å². The third kappa shape index (κ3) is 5.20. The Bertz CT molecular complexity index is 1380. The second-order valence-corrected chi connectivity index (χ2v) is 9.87. The summed E-state index contributed by atoms with van der Waals surface area (Å²) in [7, 11) is 2.89. The van der Waals surface area contributed by atoms with Gasteiger partial charge in [0, 0.05) is 11.8 Å². The number of hydrogen-bond acceptors (Lipinski definition) is 6. The van der Waals surface area contributed by atoms with Gasteiger partial charge in [0.2, 0.25) is 0 Å². The number of anilines is 1. The average Bonchev–Trinajstić information content (AvgIpc) is 3.17. The predicted octanol–water partition coefficient (Wildman–Crippen LogP) is 6.33. The van der Waals surface area contributed by atoms with E-state index in [0.29, 0.717) is 35.3 Å². The highest BCUT2D eigenvalue weighted by Gasteiger charge is 2.47. The van der Waals surface area contributed by atoms with Crippen molar-refractivity contribution in [3.8, 4) is 17.2 Å². The summed E-state index contributed by atoms with van der Waals surface area (Å²) in [5.41, 5.74) is 2.25. The largest absolute Gasteiger partial charge is 0.507 e. The summed E-state index contributed by atoms with van der Waals surface area (Å²) in [6, 6.07) is 16.5. The maximum atomic E-state index is 13.5. The van der Waals surface area contributed by atoms with Crippen LogP contribution in [0.15, 0.2) is 66.2 Å². The maximum absolute atomic E-state index is 13.5. The minimum atomic E-state index is -0.901. The molecule has 1 aliphatic rings. The molecular formula is C30H30ClNO6. The molecule has 7 nitrogen and oxygen atoms in total. The molecule has 0 radical (unpaired) electrons. The Hall–Kier alpha value is -3.97. The Morgan fingerprint density at radius 2 is 1.61 bits per heavy atom. The minimum Gasteiger partial charge on any atom is -0.507 e. The second kappa shape index (κ2) is 11.2. The number of nitrogens with zero attached hydrogens (tertiary/aromatic N) is 1. The van der Waals surface area contributed by atoms with Crippen molar-refractivity contribution < 1.29 is 28.9 Å². The van der Waals surface area contributed by atoms with Gasteiger partial charge in [-0.15, -0.1) is 0 Å². The van der Waals surface area contributed by atoms with E-state index in [0.717, 1.165) is 5.56 Å². The number of benzene rings is 3. The van der Waals surface area contributed by atoms with Crippen molar-refractivity contribution in [1.82, 2.24) is 0 Å². The SMILES string of the molecule is COc1cc(OC)c(/C(O)=C2\C(=O)C(=O)N(c3ccc(C)cc3)C2c2ccc(OCC(C)C)cc2)cc1Cl. The van der Waals surface area contributed by atoms with Crippen LogP contribution in [0, 0.1) is 12.8 Å². The van der Waals surface area contributed by atoms with Crippen LogP contribution in [-0.4, -0.2) is 37.6 Å². The molecule has 8 heteroatoms. The summed E-state index contributed by atoms with van der Waals surface area (Å²) in [6.45, 7) is 6.61. The van der Waals surface area contributed by atoms with Crippen molar-refractivity contribution >= 4 is 34.7 Å². The standard InChI is InChI=1S/C30H30ClNO6/c1-17(2)16-38-21-12-8-19(9-13-21)27-26(28(33)22-14-23(31)25(37-5)15-24(22)36-4)29(34)30(35)32(27)20-10-6-18(3)7-11-20/h6-15,17,27,33H,16H2,1-5H3/b28-26+. The van der Waals surface area contributed by atoms with Crippen LogP contribution in [0.4, 0.5) is 5.69 Å². The zero-order valence-corrected chi connectivity index (χ0v) is 22.7. The van der Waals surface area contributed by atoms with E-state index in [2.05, 4.69) is 13.8 Å². The molecule has 38 heavy (non-hydrogen) atoms. The monoisotopic (exact) mass is 535 g/mol. The highest BCUT2D eigenvalue weighted by Crippen LogP contribution is 2.45. The molecule has 0 saturated carbocycles. The molecular weight excluding hydrogens is 506 g/mol. The first kappa shape index (κ1) is 27.1. The zero-order valence-electron chi connectivity index (χ0n) is 21.9. The number of carbonyl (C=O) groups is 2. The number of carbonyl (C=O) groups excluding carboxylic acids is 2. The van der Waals surface area contributed by atoms with Crippen molar-refractivity contribution in [3.05, 3.63) is 87.9 Å². The quantitative estimate of drug-likeness (QED) is 0.206. The van der Waals surface area contributed by atoms with Crippen molar-refractivity contribution in [1.29, 1.82) is 0 Å². The van der Waals surface area contributed by atoms with Crippen LogP contribution in [0.3, 0.4) is 0 Å². The Morgan fingerprint density at radius 3 is 2.18 bits per heavy atom. The van der Waals surface area contributed by atoms with Gasteiger partial charge in [0.25, 0.3) is 11.7 Å². The molecule has 198 valence electrons. The van der Waals surface area contributed by atoms with E-state index in [-0.39, 0.29) is 21.9 Å². The van der Waals surface area contributed by atoms with E-state index in [9.17, 15) is 14.7 Å². The normalized spacial score (nSPS) is 16.7. The molecule has 3 aromatic rings.